The molecule has 0 radical (unpaired) electrons. The van der Waals surface area contributed by atoms with E-state index in [2.05, 4.69) is 5.32 Å². The molecule has 100 valence electrons. The topological polar surface area (TPSA) is 64.3 Å². The summed E-state index contributed by atoms with van der Waals surface area (Å²) in [6.07, 6.45) is 0. The first kappa shape index (κ1) is 14.5. The Morgan fingerprint density at radius 3 is 2.61 bits per heavy atom. The van der Waals surface area contributed by atoms with E-state index in [4.69, 9.17) is 10.5 Å². The second kappa shape index (κ2) is 5.87. The Kier molecular flexibility index (Phi) is 4.73. The molecule has 1 unspecified atom stereocenters. The highest BCUT2D eigenvalue weighted by molar-refractivity contribution is 5.97. The van der Waals surface area contributed by atoms with Crippen LogP contribution in [0.25, 0.3) is 0 Å². The lowest BCUT2D eigenvalue weighted by Crippen LogP contribution is -2.54. The number of benzene rings is 1. The highest BCUT2D eigenvalue weighted by Crippen LogP contribution is 2.19. The van der Waals surface area contributed by atoms with Crippen LogP contribution in [0.2, 0.25) is 0 Å². The van der Waals surface area contributed by atoms with Crippen LogP contribution < -0.4 is 15.8 Å². The third-order valence-electron chi connectivity index (χ3n) is 3.01. The normalized spacial score (nSPS) is 12.9. The zero-order valence-electron chi connectivity index (χ0n) is 11.5. The fourth-order valence-corrected chi connectivity index (χ4v) is 1.41. The largest absolute Gasteiger partial charge is 0.493 e. The van der Waals surface area contributed by atoms with Crippen molar-refractivity contribution in [1.82, 2.24) is 5.32 Å². The molecule has 1 atom stereocenters. The molecular weight excluding hydrogens is 228 g/mol. The van der Waals surface area contributed by atoms with Crippen molar-refractivity contribution < 1.29 is 9.53 Å². The molecule has 0 aliphatic carbocycles. The third kappa shape index (κ3) is 3.47. The van der Waals surface area contributed by atoms with Gasteiger partial charge in [-0.15, -0.1) is 0 Å². The molecule has 18 heavy (non-hydrogen) atoms. The Bertz CT molecular complexity index is 414. The van der Waals surface area contributed by atoms with Crippen molar-refractivity contribution in [2.75, 3.05) is 6.61 Å². The van der Waals surface area contributed by atoms with Crippen LogP contribution in [-0.4, -0.2) is 24.1 Å². The van der Waals surface area contributed by atoms with Gasteiger partial charge in [-0.25, -0.2) is 0 Å². The second-order valence-corrected chi connectivity index (χ2v) is 4.89. The molecule has 0 spiro atoms. The van der Waals surface area contributed by atoms with E-state index in [0.717, 1.165) is 0 Å². The van der Waals surface area contributed by atoms with Gasteiger partial charge in [-0.1, -0.05) is 12.1 Å². The van der Waals surface area contributed by atoms with Crippen molar-refractivity contribution in [3.63, 3.8) is 0 Å². The van der Waals surface area contributed by atoms with Crippen LogP contribution >= 0.6 is 0 Å². The summed E-state index contributed by atoms with van der Waals surface area (Å²) in [5.74, 6) is 0.430. The van der Waals surface area contributed by atoms with Crippen LogP contribution in [0.5, 0.6) is 5.75 Å². The van der Waals surface area contributed by atoms with Crippen LogP contribution in [0.1, 0.15) is 38.1 Å². The molecule has 1 aromatic rings. The molecule has 0 aromatic heterocycles. The van der Waals surface area contributed by atoms with Gasteiger partial charge in [-0.3, -0.25) is 4.79 Å². The molecule has 0 heterocycles. The van der Waals surface area contributed by atoms with Crippen LogP contribution in [0.3, 0.4) is 0 Å². The Hall–Kier alpha value is -1.55. The summed E-state index contributed by atoms with van der Waals surface area (Å²) in [6.45, 7) is 8.09. The number of rotatable bonds is 5. The Balaban J connectivity index is 2.91. The van der Waals surface area contributed by atoms with Crippen molar-refractivity contribution in [3.05, 3.63) is 29.8 Å². The van der Waals surface area contributed by atoms with Crippen LogP contribution in [0, 0.1) is 0 Å². The zero-order chi connectivity index (χ0) is 13.8. The molecule has 1 amide bonds. The van der Waals surface area contributed by atoms with E-state index in [1.165, 1.54) is 0 Å². The average Bonchev–Trinajstić information content (AvgIpc) is 2.29. The van der Waals surface area contributed by atoms with Gasteiger partial charge in [0.15, 0.2) is 0 Å². The Morgan fingerprint density at radius 2 is 2.06 bits per heavy atom. The van der Waals surface area contributed by atoms with Crippen molar-refractivity contribution >= 4 is 5.91 Å². The molecule has 0 fully saturated rings. The van der Waals surface area contributed by atoms with E-state index in [-0.39, 0.29) is 11.9 Å². The van der Waals surface area contributed by atoms with E-state index in [9.17, 15) is 4.79 Å². The molecule has 1 rings (SSSR count). The lowest BCUT2D eigenvalue weighted by molar-refractivity contribution is 0.0899. The van der Waals surface area contributed by atoms with E-state index in [1.807, 2.05) is 39.8 Å². The van der Waals surface area contributed by atoms with E-state index >= 15 is 0 Å². The molecule has 0 bridgehead atoms. The van der Waals surface area contributed by atoms with Gasteiger partial charge in [0.1, 0.15) is 5.75 Å². The second-order valence-electron chi connectivity index (χ2n) is 4.89. The predicted molar refractivity (Wildman–Crippen MR) is 72.8 cm³/mol. The standard InChI is InChI=1S/C14H22N2O2/c1-5-18-12-9-7-6-8-11(12)13(17)16-14(3,4)10(2)15/h6-10H,5,15H2,1-4H3,(H,16,17). The Morgan fingerprint density at radius 1 is 1.44 bits per heavy atom. The third-order valence-corrected chi connectivity index (χ3v) is 3.01. The van der Waals surface area contributed by atoms with Crippen LogP contribution in [0.4, 0.5) is 0 Å². The molecule has 3 N–H and O–H groups in total. The molecule has 0 saturated carbocycles. The van der Waals surface area contributed by atoms with Crippen LogP contribution in [0.15, 0.2) is 24.3 Å². The lowest BCUT2D eigenvalue weighted by atomic mass is 9.96. The maximum absolute atomic E-state index is 12.2. The summed E-state index contributed by atoms with van der Waals surface area (Å²) in [6, 6.07) is 7.06. The summed E-state index contributed by atoms with van der Waals surface area (Å²) >= 11 is 0. The number of ether oxygens (including phenoxy) is 1. The van der Waals surface area contributed by atoms with Crippen molar-refractivity contribution in [2.24, 2.45) is 5.73 Å². The minimum absolute atomic E-state index is 0.138. The summed E-state index contributed by atoms with van der Waals surface area (Å²) in [5.41, 5.74) is 5.92. The predicted octanol–water partition coefficient (Wildman–Crippen LogP) is 1.94. The number of nitrogens with one attached hydrogen (secondary N) is 1. The van der Waals surface area contributed by atoms with E-state index < -0.39 is 5.54 Å². The van der Waals surface area contributed by atoms with Crippen molar-refractivity contribution in [2.45, 2.75) is 39.3 Å². The van der Waals surface area contributed by atoms with Gasteiger partial charge in [0.25, 0.3) is 5.91 Å². The molecule has 0 aliphatic heterocycles. The first-order valence-electron chi connectivity index (χ1n) is 6.18. The molecule has 1 aromatic carbocycles. The number of hydrogen-bond acceptors (Lipinski definition) is 3. The highest BCUT2D eigenvalue weighted by atomic mass is 16.5. The fourth-order valence-electron chi connectivity index (χ4n) is 1.41. The fraction of sp³-hybridized carbons (Fsp3) is 0.500. The monoisotopic (exact) mass is 250 g/mol. The van der Waals surface area contributed by atoms with Crippen molar-refractivity contribution in [3.8, 4) is 5.75 Å². The average molecular weight is 250 g/mol. The van der Waals surface area contributed by atoms with E-state index in [1.54, 1.807) is 12.1 Å². The first-order chi connectivity index (χ1) is 8.38. The number of carbonyl (C=O) groups excluding carboxylic acids is 1. The summed E-state index contributed by atoms with van der Waals surface area (Å²) in [7, 11) is 0. The summed E-state index contributed by atoms with van der Waals surface area (Å²) in [4.78, 5) is 12.2. The maximum atomic E-state index is 12.2. The lowest BCUT2D eigenvalue weighted by Gasteiger charge is -2.30. The summed E-state index contributed by atoms with van der Waals surface area (Å²) < 4.78 is 5.44. The SMILES string of the molecule is CCOc1ccccc1C(=O)NC(C)(C)C(C)N. The van der Waals surface area contributed by atoms with Crippen molar-refractivity contribution in [1.29, 1.82) is 0 Å². The van der Waals surface area contributed by atoms with Gasteiger partial charge in [0.05, 0.1) is 12.2 Å². The Labute approximate surface area is 109 Å². The quantitative estimate of drug-likeness (QED) is 0.839. The van der Waals surface area contributed by atoms with E-state index in [0.29, 0.717) is 17.9 Å². The maximum Gasteiger partial charge on any atom is 0.255 e. The highest BCUT2D eigenvalue weighted by Gasteiger charge is 2.26. The van der Waals surface area contributed by atoms with Gasteiger partial charge in [0.2, 0.25) is 0 Å². The molecule has 0 saturated heterocycles. The molecule has 4 heteroatoms. The van der Waals surface area contributed by atoms with Gasteiger partial charge in [-0.05, 0) is 39.8 Å². The molecule has 0 aliphatic rings. The van der Waals surface area contributed by atoms with Gasteiger partial charge < -0.3 is 15.8 Å². The number of para-hydroxylation sites is 1. The minimum atomic E-state index is -0.462. The zero-order valence-corrected chi connectivity index (χ0v) is 11.5. The summed E-state index contributed by atoms with van der Waals surface area (Å²) in [5, 5.41) is 2.93. The molecular formula is C14H22N2O2. The van der Waals surface area contributed by atoms with Gasteiger partial charge in [-0.2, -0.15) is 0 Å². The number of hydrogen-bond donors (Lipinski definition) is 2. The number of amides is 1. The number of carbonyl (C=O) groups is 1. The first-order valence-corrected chi connectivity index (χ1v) is 6.18. The van der Waals surface area contributed by atoms with Crippen LogP contribution in [-0.2, 0) is 0 Å². The number of nitrogens with two attached hydrogens (primary N) is 1. The van der Waals surface area contributed by atoms with Gasteiger partial charge >= 0.3 is 0 Å². The smallest absolute Gasteiger partial charge is 0.255 e. The van der Waals surface area contributed by atoms with Gasteiger partial charge in [0, 0.05) is 11.6 Å². The minimum Gasteiger partial charge on any atom is -0.493 e. The molecule has 4 nitrogen and oxygen atoms in total.